The fourth-order valence-corrected chi connectivity index (χ4v) is 3.27. The van der Waals surface area contributed by atoms with Gasteiger partial charge in [-0.25, -0.2) is 0 Å². The predicted octanol–water partition coefficient (Wildman–Crippen LogP) is 4.65. The van der Waals surface area contributed by atoms with Gasteiger partial charge in [-0.15, -0.1) is 11.3 Å². The van der Waals surface area contributed by atoms with Crippen LogP contribution in [-0.4, -0.2) is 25.7 Å². The number of hydrogen-bond acceptors (Lipinski definition) is 4. The first-order valence-corrected chi connectivity index (χ1v) is 10.1. The summed E-state index contributed by atoms with van der Waals surface area (Å²) in [7, 11) is 1.69. The van der Waals surface area contributed by atoms with Crippen LogP contribution in [0.3, 0.4) is 0 Å². The van der Waals surface area contributed by atoms with Crippen LogP contribution in [0, 0.1) is 12.8 Å². The zero-order chi connectivity index (χ0) is 18.8. The number of allylic oxidation sites excluding steroid dienone is 2. The van der Waals surface area contributed by atoms with Gasteiger partial charge in [-0.05, 0) is 69.5 Å². The summed E-state index contributed by atoms with van der Waals surface area (Å²) >= 11 is 1.58. The van der Waals surface area contributed by atoms with Crippen molar-refractivity contribution in [2.24, 2.45) is 16.6 Å². The first-order chi connectivity index (χ1) is 12.1. The molecule has 140 valence electrons. The van der Waals surface area contributed by atoms with E-state index < -0.39 is 0 Å². The Labute approximate surface area is 156 Å². The molecule has 0 unspecified atom stereocenters. The Kier molecular flexibility index (Phi) is 9.68. The van der Waals surface area contributed by atoms with Crippen molar-refractivity contribution in [1.29, 1.82) is 0 Å². The minimum atomic E-state index is -0.0389. The van der Waals surface area contributed by atoms with Crippen LogP contribution in [0.25, 0.3) is 0 Å². The van der Waals surface area contributed by atoms with Crippen molar-refractivity contribution in [3.8, 4) is 0 Å². The number of aliphatic imine (C=N–C) groups is 1. The van der Waals surface area contributed by atoms with E-state index in [1.165, 1.54) is 36.1 Å². The van der Waals surface area contributed by atoms with Crippen LogP contribution in [-0.2, 0) is 0 Å². The number of nitrogens with two attached hydrogens (primary N) is 1. The molecule has 2 aliphatic rings. The van der Waals surface area contributed by atoms with Crippen LogP contribution in [0.5, 0.6) is 0 Å². The van der Waals surface area contributed by atoms with Gasteiger partial charge in [-0.3, -0.25) is 9.79 Å². The van der Waals surface area contributed by atoms with Gasteiger partial charge in [0, 0.05) is 18.1 Å². The second-order valence-corrected chi connectivity index (χ2v) is 7.42. The average molecular weight is 364 g/mol. The normalized spacial score (nSPS) is 16.6. The van der Waals surface area contributed by atoms with E-state index in [9.17, 15) is 4.79 Å². The summed E-state index contributed by atoms with van der Waals surface area (Å²) in [5.41, 5.74) is 7.33. The monoisotopic (exact) mass is 363 g/mol. The van der Waals surface area contributed by atoms with Gasteiger partial charge in [0.2, 0.25) is 0 Å². The molecule has 0 spiro atoms. The lowest BCUT2D eigenvalue weighted by molar-refractivity contribution is 0.0972. The van der Waals surface area contributed by atoms with Crippen LogP contribution in [0.15, 0.2) is 22.8 Å². The van der Waals surface area contributed by atoms with Crippen molar-refractivity contribution in [2.45, 2.75) is 59.3 Å². The van der Waals surface area contributed by atoms with Crippen molar-refractivity contribution in [3.05, 3.63) is 33.2 Å². The van der Waals surface area contributed by atoms with Crippen molar-refractivity contribution < 1.29 is 4.79 Å². The highest BCUT2D eigenvalue weighted by Gasteiger charge is 2.27. The standard InChI is InChI=1S/C14H18N2OS.C4H9N.C2H6/c1-4-11(8-15-3)16-14(17)13-7-12(9(2)18-13)10-5-6-10;5-3-4-1-2-4;1-2/h4,7-8,10H,5-6H2,1-3H3,(H,16,17);4H,1-3,5H2;1-2H3/b11-4+,15-8?;;. The van der Waals surface area contributed by atoms with Crippen molar-refractivity contribution in [2.75, 3.05) is 13.6 Å². The van der Waals surface area contributed by atoms with E-state index in [0.717, 1.165) is 23.0 Å². The molecule has 0 aromatic carbocycles. The molecule has 5 heteroatoms. The summed E-state index contributed by atoms with van der Waals surface area (Å²) in [6, 6.07) is 2.05. The molecule has 0 aliphatic heterocycles. The van der Waals surface area contributed by atoms with Gasteiger partial charge in [-0.2, -0.15) is 0 Å². The molecule has 4 nitrogen and oxygen atoms in total. The molecule has 3 rings (SSSR count). The van der Waals surface area contributed by atoms with E-state index in [0.29, 0.717) is 5.92 Å². The van der Waals surface area contributed by atoms with E-state index in [1.54, 1.807) is 24.6 Å². The molecule has 1 aromatic rings. The predicted molar refractivity (Wildman–Crippen MR) is 110 cm³/mol. The highest BCUT2D eigenvalue weighted by atomic mass is 32.1. The SMILES string of the molecule is C/C=C(\C=NC)NC(=O)c1cc(C2CC2)c(C)s1.CC.NCC1CC1. The molecule has 1 heterocycles. The van der Waals surface area contributed by atoms with Crippen LogP contribution >= 0.6 is 11.3 Å². The average Bonchev–Trinajstić information content (AvgIpc) is 3.55. The molecule has 2 fully saturated rings. The molecule has 1 amide bonds. The van der Waals surface area contributed by atoms with E-state index in [2.05, 4.69) is 17.2 Å². The second kappa shape index (κ2) is 11.2. The summed E-state index contributed by atoms with van der Waals surface area (Å²) in [6.45, 7) is 8.89. The fraction of sp³-hybridized carbons (Fsp3) is 0.600. The Morgan fingerprint density at radius 3 is 2.40 bits per heavy atom. The Bertz CT molecular complexity index is 596. The number of rotatable bonds is 5. The van der Waals surface area contributed by atoms with Crippen molar-refractivity contribution >= 4 is 23.5 Å². The lowest BCUT2D eigenvalue weighted by Crippen LogP contribution is -2.22. The summed E-state index contributed by atoms with van der Waals surface area (Å²) in [6.07, 6.45) is 8.79. The summed E-state index contributed by atoms with van der Waals surface area (Å²) in [5, 5.41) is 2.87. The van der Waals surface area contributed by atoms with E-state index in [1.807, 2.05) is 32.9 Å². The van der Waals surface area contributed by atoms with Crippen LogP contribution in [0.4, 0.5) is 0 Å². The van der Waals surface area contributed by atoms with Gasteiger partial charge in [0.05, 0.1) is 10.6 Å². The molecular weight excluding hydrogens is 330 g/mol. The maximum absolute atomic E-state index is 12.1. The number of carbonyl (C=O) groups excluding carboxylic acids is 1. The first kappa shape index (κ1) is 21.6. The van der Waals surface area contributed by atoms with Crippen molar-refractivity contribution in [3.63, 3.8) is 0 Å². The molecule has 3 N–H and O–H groups in total. The van der Waals surface area contributed by atoms with Gasteiger partial charge in [0.1, 0.15) is 0 Å². The highest BCUT2D eigenvalue weighted by molar-refractivity contribution is 7.14. The van der Waals surface area contributed by atoms with Gasteiger partial charge in [-0.1, -0.05) is 19.9 Å². The molecular formula is C20H33N3OS. The Morgan fingerprint density at radius 1 is 1.36 bits per heavy atom. The molecule has 0 atom stereocenters. The number of thiophene rings is 1. The lowest BCUT2D eigenvalue weighted by Gasteiger charge is -2.02. The minimum Gasteiger partial charge on any atom is -0.330 e. The molecule has 0 radical (unpaired) electrons. The maximum atomic E-state index is 12.1. The number of nitrogens with one attached hydrogen (secondary N) is 1. The van der Waals surface area contributed by atoms with Gasteiger partial charge >= 0.3 is 0 Å². The van der Waals surface area contributed by atoms with E-state index >= 15 is 0 Å². The largest absolute Gasteiger partial charge is 0.330 e. The maximum Gasteiger partial charge on any atom is 0.265 e. The Morgan fingerprint density at radius 2 is 2.00 bits per heavy atom. The summed E-state index contributed by atoms with van der Waals surface area (Å²) in [5.74, 6) is 1.57. The van der Waals surface area contributed by atoms with Gasteiger partial charge < -0.3 is 11.1 Å². The Balaban J connectivity index is 0.000000376. The van der Waals surface area contributed by atoms with Crippen LogP contribution < -0.4 is 11.1 Å². The Hall–Kier alpha value is -1.46. The third-order valence-electron chi connectivity index (χ3n) is 4.06. The van der Waals surface area contributed by atoms with Crippen LogP contribution in [0.2, 0.25) is 0 Å². The molecule has 0 saturated heterocycles. The quantitative estimate of drug-likeness (QED) is 0.748. The minimum absolute atomic E-state index is 0.0389. The molecule has 2 aliphatic carbocycles. The third kappa shape index (κ3) is 7.53. The molecule has 2 saturated carbocycles. The summed E-state index contributed by atoms with van der Waals surface area (Å²) in [4.78, 5) is 18.1. The van der Waals surface area contributed by atoms with E-state index in [4.69, 9.17) is 5.73 Å². The first-order valence-electron chi connectivity index (χ1n) is 9.29. The number of hydrogen-bond donors (Lipinski definition) is 2. The number of aryl methyl sites for hydroxylation is 1. The number of amides is 1. The fourth-order valence-electron chi connectivity index (χ4n) is 2.27. The van der Waals surface area contributed by atoms with Crippen LogP contribution in [0.1, 0.15) is 72.5 Å². The zero-order valence-electron chi connectivity index (χ0n) is 16.3. The second-order valence-electron chi connectivity index (χ2n) is 6.16. The molecule has 1 aromatic heterocycles. The van der Waals surface area contributed by atoms with Gasteiger partial charge in [0.25, 0.3) is 5.91 Å². The topological polar surface area (TPSA) is 67.5 Å². The van der Waals surface area contributed by atoms with E-state index in [-0.39, 0.29) is 5.91 Å². The summed E-state index contributed by atoms with van der Waals surface area (Å²) < 4.78 is 0. The number of nitrogens with zero attached hydrogens (tertiary/aromatic N) is 1. The smallest absolute Gasteiger partial charge is 0.265 e. The van der Waals surface area contributed by atoms with Crippen molar-refractivity contribution in [1.82, 2.24) is 5.32 Å². The zero-order valence-corrected chi connectivity index (χ0v) is 17.1. The molecule has 25 heavy (non-hydrogen) atoms. The highest BCUT2D eigenvalue weighted by Crippen LogP contribution is 2.44. The lowest BCUT2D eigenvalue weighted by atomic mass is 10.1. The number of carbonyl (C=O) groups is 1. The third-order valence-corrected chi connectivity index (χ3v) is 5.13. The molecule has 0 bridgehead atoms. The van der Waals surface area contributed by atoms with Gasteiger partial charge in [0.15, 0.2) is 0 Å².